The van der Waals surface area contributed by atoms with Gasteiger partial charge in [0, 0.05) is 17.9 Å². The molecule has 0 unspecified atom stereocenters. The number of hydrogen-bond donors (Lipinski definition) is 1. The molecule has 0 spiro atoms. The summed E-state index contributed by atoms with van der Waals surface area (Å²) in [6.07, 6.45) is 0. The van der Waals surface area contributed by atoms with E-state index in [2.05, 4.69) is 18.4 Å². The van der Waals surface area contributed by atoms with E-state index < -0.39 is 5.97 Å². The Labute approximate surface area is 125 Å². The van der Waals surface area contributed by atoms with E-state index in [1.807, 2.05) is 31.2 Å². The molecule has 0 aliphatic carbocycles. The second kappa shape index (κ2) is 6.04. The van der Waals surface area contributed by atoms with Gasteiger partial charge in [-0.1, -0.05) is 13.8 Å². The molecule has 1 aromatic carbocycles. The highest BCUT2D eigenvalue weighted by atomic mass is 16.5. The number of benzene rings is 1. The van der Waals surface area contributed by atoms with Gasteiger partial charge < -0.3 is 14.4 Å². The number of carbonyl (C=O) groups is 1. The van der Waals surface area contributed by atoms with Crippen LogP contribution in [0.5, 0.6) is 5.75 Å². The lowest BCUT2D eigenvalue weighted by atomic mass is 10.1. The number of aromatic nitrogens is 1. The van der Waals surface area contributed by atoms with Crippen LogP contribution >= 0.6 is 0 Å². The molecular weight excluding hydrogens is 266 g/mol. The lowest BCUT2D eigenvalue weighted by Crippen LogP contribution is -2.09. The van der Waals surface area contributed by atoms with Gasteiger partial charge in [-0.15, -0.1) is 0 Å². The van der Waals surface area contributed by atoms with Crippen LogP contribution in [-0.4, -0.2) is 22.8 Å². The zero-order valence-corrected chi connectivity index (χ0v) is 12.9. The number of carboxylic acids is 1. The van der Waals surface area contributed by atoms with Crippen LogP contribution in [0, 0.1) is 12.8 Å². The molecule has 0 fully saturated rings. The van der Waals surface area contributed by atoms with E-state index in [1.165, 1.54) is 0 Å². The zero-order chi connectivity index (χ0) is 15.6. The van der Waals surface area contributed by atoms with Crippen molar-refractivity contribution in [3.8, 4) is 17.0 Å². The quantitative estimate of drug-likeness (QED) is 0.909. The minimum absolute atomic E-state index is 0.362. The summed E-state index contributed by atoms with van der Waals surface area (Å²) in [4.78, 5) is 11.4. The van der Waals surface area contributed by atoms with Crippen molar-refractivity contribution in [3.05, 3.63) is 41.6 Å². The SMILES string of the molecule is COc1ccc(-c2cc(C(=O)O)c(C)n2CC(C)C)cc1. The van der Waals surface area contributed by atoms with Crippen molar-refractivity contribution >= 4 is 5.97 Å². The van der Waals surface area contributed by atoms with Crippen LogP contribution in [0.3, 0.4) is 0 Å². The summed E-state index contributed by atoms with van der Waals surface area (Å²) in [7, 11) is 1.63. The largest absolute Gasteiger partial charge is 0.497 e. The summed E-state index contributed by atoms with van der Waals surface area (Å²) < 4.78 is 7.25. The van der Waals surface area contributed by atoms with Crippen molar-refractivity contribution in [1.29, 1.82) is 0 Å². The third-order valence-corrected chi connectivity index (χ3v) is 3.53. The Hall–Kier alpha value is -2.23. The third-order valence-electron chi connectivity index (χ3n) is 3.53. The molecule has 1 N–H and O–H groups in total. The molecular formula is C17H21NO3. The summed E-state index contributed by atoms with van der Waals surface area (Å²) in [6.45, 7) is 6.90. The molecule has 21 heavy (non-hydrogen) atoms. The number of nitrogens with zero attached hydrogens (tertiary/aromatic N) is 1. The molecule has 0 atom stereocenters. The minimum atomic E-state index is -0.884. The van der Waals surface area contributed by atoms with Gasteiger partial charge in [0.2, 0.25) is 0 Å². The first-order valence-corrected chi connectivity index (χ1v) is 7.02. The molecule has 1 aromatic heterocycles. The van der Waals surface area contributed by atoms with Gasteiger partial charge in [0.05, 0.1) is 12.7 Å². The fraction of sp³-hybridized carbons (Fsp3) is 0.353. The first kappa shape index (κ1) is 15.2. The first-order chi connectivity index (χ1) is 9.93. The van der Waals surface area contributed by atoms with Crippen LogP contribution in [-0.2, 0) is 6.54 Å². The molecule has 2 aromatic rings. The topological polar surface area (TPSA) is 51.5 Å². The predicted octanol–water partition coefficient (Wildman–Crippen LogP) is 3.83. The van der Waals surface area contributed by atoms with Gasteiger partial charge in [-0.05, 0) is 48.7 Å². The second-order valence-electron chi connectivity index (χ2n) is 5.57. The highest BCUT2D eigenvalue weighted by molar-refractivity contribution is 5.91. The molecule has 0 aliphatic rings. The number of aromatic carboxylic acids is 1. The molecule has 0 aliphatic heterocycles. The van der Waals surface area contributed by atoms with Crippen molar-refractivity contribution in [2.24, 2.45) is 5.92 Å². The third kappa shape index (κ3) is 3.10. The molecule has 0 amide bonds. The Morgan fingerprint density at radius 1 is 1.29 bits per heavy atom. The highest BCUT2D eigenvalue weighted by Gasteiger charge is 2.18. The van der Waals surface area contributed by atoms with Gasteiger partial charge in [-0.25, -0.2) is 4.79 Å². The van der Waals surface area contributed by atoms with E-state index in [-0.39, 0.29) is 0 Å². The fourth-order valence-corrected chi connectivity index (χ4v) is 2.46. The summed E-state index contributed by atoms with van der Waals surface area (Å²) in [5.41, 5.74) is 3.08. The maximum atomic E-state index is 11.4. The molecule has 0 saturated carbocycles. The number of hydrogen-bond acceptors (Lipinski definition) is 2. The standard InChI is InChI=1S/C17H21NO3/c1-11(2)10-18-12(3)15(17(19)20)9-16(18)13-5-7-14(21-4)8-6-13/h5-9,11H,10H2,1-4H3,(H,19,20). The van der Waals surface area contributed by atoms with Crippen LogP contribution in [0.2, 0.25) is 0 Å². The van der Waals surface area contributed by atoms with E-state index >= 15 is 0 Å². The van der Waals surface area contributed by atoms with E-state index in [0.29, 0.717) is 11.5 Å². The van der Waals surface area contributed by atoms with Gasteiger partial charge >= 0.3 is 5.97 Å². The van der Waals surface area contributed by atoms with E-state index in [4.69, 9.17) is 4.74 Å². The predicted molar refractivity (Wildman–Crippen MR) is 83.0 cm³/mol. The average molecular weight is 287 g/mol. The smallest absolute Gasteiger partial charge is 0.337 e. The number of methoxy groups -OCH3 is 1. The molecule has 4 heteroatoms. The lowest BCUT2D eigenvalue weighted by Gasteiger charge is -2.14. The average Bonchev–Trinajstić information content (AvgIpc) is 2.76. The maximum absolute atomic E-state index is 11.4. The molecule has 0 radical (unpaired) electrons. The minimum Gasteiger partial charge on any atom is -0.497 e. The summed E-state index contributed by atoms with van der Waals surface area (Å²) in [6, 6.07) is 9.43. The summed E-state index contributed by atoms with van der Waals surface area (Å²) >= 11 is 0. The molecule has 0 bridgehead atoms. The van der Waals surface area contributed by atoms with Crippen LogP contribution in [0.15, 0.2) is 30.3 Å². The monoisotopic (exact) mass is 287 g/mol. The number of rotatable bonds is 5. The normalized spacial score (nSPS) is 10.9. The van der Waals surface area contributed by atoms with E-state index in [1.54, 1.807) is 13.2 Å². The Kier molecular flexibility index (Phi) is 4.36. The molecule has 0 saturated heterocycles. The molecule has 112 valence electrons. The Bertz CT molecular complexity index is 639. The van der Waals surface area contributed by atoms with Crippen molar-refractivity contribution in [2.45, 2.75) is 27.3 Å². The molecule has 4 nitrogen and oxygen atoms in total. The zero-order valence-electron chi connectivity index (χ0n) is 12.9. The van der Waals surface area contributed by atoms with Gasteiger partial charge in [0.1, 0.15) is 5.75 Å². The Balaban J connectivity index is 2.54. The molecule has 2 rings (SSSR count). The fourth-order valence-electron chi connectivity index (χ4n) is 2.46. The van der Waals surface area contributed by atoms with Crippen molar-refractivity contribution in [1.82, 2.24) is 4.57 Å². The van der Waals surface area contributed by atoms with Crippen LogP contribution in [0.1, 0.15) is 29.9 Å². The van der Waals surface area contributed by atoms with Gasteiger partial charge in [-0.3, -0.25) is 0 Å². The van der Waals surface area contributed by atoms with Crippen LogP contribution in [0.25, 0.3) is 11.3 Å². The summed E-state index contributed by atoms with van der Waals surface area (Å²) in [5.74, 6) is 0.343. The van der Waals surface area contributed by atoms with Gasteiger partial charge in [-0.2, -0.15) is 0 Å². The van der Waals surface area contributed by atoms with E-state index in [9.17, 15) is 9.90 Å². The summed E-state index contributed by atoms with van der Waals surface area (Å²) in [5, 5.41) is 9.33. The lowest BCUT2D eigenvalue weighted by molar-refractivity contribution is 0.0696. The first-order valence-electron chi connectivity index (χ1n) is 7.02. The number of ether oxygens (including phenoxy) is 1. The molecule has 1 heterocycles. The van der Waals surface area contributed by atoms with Crippen LogP contribution < -0.4 is 4.74 Å². The van der Waals surface area contributed by atoms with Gasteiger partial charge in [0.15, 0.2) is 0 Å². The van der Waals surface area contributed by atoms with Crippen molar-refractivity contribution < 1.29 is 14.6 Å². The maximum Gasteiger partial charge on any atom is 0.337 e. The van der Waals surface area contributed by atoms with Crippen LogP contribution in [0.4, 0.5) is 0 Å². The number of carboxylic acid groups (broad SMARTS) is 1. The highest BCUT2D eigenvalue weighted by Crippen LogP contribution is 2.28. The Morgan fingerprint density at radius 2 is 1.90 bits per heavy atom. The van der Waals surface area contributed by atoms with Crippen molar-refractivity contribution in [2.75, 3.05) is 7.11 Å². The van der Waals surface area contributed by atoms with Crippen molar-refractivity contribution in [3.63, 3.8) is 0 Å². The van der Waals surface area contributed by atoms with Gasteiger partial charge in [0.25, 0.3) is 0 Å². The Morgan fingerprint density at radius 3 is 2.38 bits per heavy atom. The van der Waals surface area contributed by atoms with E-state index in [0.717, 1.165) is 29.2 Å². The second-order valence-corrected chi connectivity index (χ2v) is 5.57.